The Bertz CT molecular complexity index is 471. The highest BCUT2D eigenvalue weighted by atomic mass is 16.5. The smallest absolute Gasteiger partial charge is 0.191 e. The number of guanidine groups is 1. The molecular weight excluding hydrogens is 280 g/mol. The third kappa shape index (κ3) is 4.98. The lowest BCUT2D eigenvalue weighted by Crippen LogP contribution is -2.38. The van der Waals surface area contributed by atoms with Gasteiger partial charge in [-0.2, -0.15) is 0 Å². The van der Waals surface area contributed by atoms with Crippen LogP contribution in [0.4, 0.5) is 0 Å². The SMILES string of the molecule is CCNC(=NCc1nnc2n1CCCC2)NCCCOCC. The topological polar surface area (TPSA) is 76.4 Å². The van der Waals surface area contributed by atoms with Crippen LogP contribution in [0.15, 0.2) is 4.99 Å². The fourth-order valence-electron chi connectivity index (χ4n) is 2.50. The van der Waals surface area contributed by atoms with Gasteiger partial charge in [0.25, 0.3) is 0 Å². The maximum atomic E-state index is 5.33. The summed E-state index contributed by atoms with van der Waals surface area (Å²) in [6, 6.07) is 0. The van der Waals surface area contributed by atoms with E-state index >= 15 is 0 Å². The number of hydrogen-bond acceptors (Lipinski definition) is 4. The molecule has 2 heterocycles. The van der Waals surface area contributed by atoms with Gasteiger partial charge >= 0.3 is 0 Å². The first-order chi connectivity index (χ1) is 10.8. The second-order valence-electron chi connectivity index (χ2n) is 5.31. The van der Waals surface area contributed by atoms with Crippen LogP contribution in [0, 0.1) is 0 Å². The average Bonchev–Trinajstić information content (AvgIpc) is 2.95. The fourth-order valence-corrected chi connectivity index (χ4v) is 2.50. The first kappa shape index (κ1) is 16.7. The molecule has 0 amide bonds. The Kier molecular flexibility index (Phi) is 7.15. The van der Waals surface area contributed by atoms with Crippen molar-refractivity contribution in [2.75, 3.05) is 26.3 Å². The second kappa shape index (κ2) is 9.40. The number of rotatable bonds is 8. The molecule has 1 aliphatic heterocycles. The van der Waals surface area contributed by atoms with Gasteiger partial charge < -0.3 is 19.9 Å². The van der Waals surface area contributed by atoms with Crippen molar-refractivity contribution in [1.82, 2.24) is 25.4 Å². The van der Waals surface area contributed by atoms with Crippen LogP contribution in [0.25, 0.3) is 0 Å². The van der Waals surface area contributed by atoms with Crippen LogP contribution in [0.2, 0.25) is 0 Å². The lowest BCUT2D eigenvalue weighted by Gasteiger charge is -2.14. The summed E-state index contributed by atoms with van der Waals surface area (Å²) in [4.78, 5) is 4.61. The summed E-state index contributed by atoms with van der Waals surface area (Å²) < 4.78 is 7.55. The standard InChI is InChI=1S/C15H28N6O/c1-3-16-15(17-9-7-11-22-4-2)18-12-14-20-19-13-8-5-6-10-21(13)14/h3-12H2,1-2H3,(H2,16,17,18). The number of hydrogen-bond donors (Lipinski definition) is 2. The summed E-state index contributed by atoms with van der Waals surface area (Å²) >= 11 is 0. The van der Waals surface area contributed by atoms with E-state index in [4.69, 9.17) is 4.74 Å². The zero-order chi connectivity index (χ0) is 15.6. The molecular formula is C15H28N6O. The molecule has 22 heavy (non-hydrogen) atoms. The summed E-state index contributed by atoms with van der Waals surface area (Å²) in [6.45, 7) is 8.90. The summed E-state index contributed by atoms with van der Waals surface area (Å²) in [5, 5.41) is 15.1. The summed E-state index contributed by atoms with van der Waals surface area (Å²) in [7, 11) is 0. The van der Waals surface area contributed by atoms with E-state index < -0.39 is 0 Å². The predicted molar refractivity (Wildman–Crippen MR) is 86.9 cm³/mol. The first-order valence-electron chi connectivity index (χ1n) is 8.36. The van der Waals surface area contributed by atoms with Gasteiger partial charge in [0.2, 0.25) is 0 Å². The number of aryl methyl sites for hydroxylation is 1. The van der Waals surface area contributed by atoms with Gasteiger partial charge in [0, 0.05) is 39.3 Å². The quantitative estimate of drug-likeness (QED) is 0.427. The van der Waals surface area contributed by atoms with Crippen molar-refractivity contribution in [2.45, 2.75) is 52.6 Å². The summed E-state index contributed by atoms with van der Waals surface area (Å²) in [5.41, 5.74) is 0. The third-order valence-electron chi connectivity index (χ3n) is 3.62. The number of fused-ring (bicyclic) bond motifs is 1. The van der Waals surface area contributed by atoms with E-state index in [0.29, 0.717) is 6.54 Å². The van der Waals surface area contributed by atoms with E-state index in [1.54, 1.807) is 0 Å². The number of nitrogens with zero attached hydrogens (tertiary/aromatic N) is 4. The molecule has 0 fully saturated rings. The Morgan fingerprint density at radius 2 is 2.18 bits per heavy atom. The minimum absolute atomic E-state index is 0.563. The molecule has 0 spiro atoms. The van der Waals surface area contributed by atoms with Gasteiger partial charge in [-0.3, -0.25) is 0 Å². The second-order valence-corrected chi connectivity index (χ2v) is 5.31. The molecule has 0 aromatic carbocycles. The van der Waals surface area contributed by atoms with E-state index in [1.807, 2.05) is 6.92 Å². The predicted octanol–water partition coefficient (Wildman–Crippen LogP) is 1.10. The molecule has 124 valence electrons. The van der Waals surface area contributed by atoms with Gasteiger partial charge in [0.1, 0.15) is 12.4 Å². The molecule has 0 atom stereocenters. The maximum absolute atomic E-state index is 5.33. The molecule has 7 nitrogen and oxygen atoms in total. The number of aliphatic imine (C=N–C) groups is 1. The first-order valence-corrected chi connectivity index (χ1v) is 8.36. The molecule has 0 bridgehead atoms. The van der Waals surface area contributed by atoms with Crippen molar-refractivity contribution < 1.29 is 4.74 Å². The van der Waals surface area contributed by atoms with Crippen LogP contribution in [0.1, 0.15) is 44.8 Å². The lowest BCUT2D eigenvalue weighted by atomic mass is 10.2. The lowest BCUT2D eigenvalue weighted by molar-refractivity contribution is 0.145. The van der Waals surface area contributed by atoms with Gasteiger partial charge in [-0.15, -0.1) is 10.2 Å². The van der Waals surface area contributed by atoms with Crippen LogP contribution in [-0.4, -0.2) is 47.0 Å². The Morgan fingerprint density at radius 1 is 1.27 bits per heavy atom. The van der Waals surface area contributed by atoms with Crippen LogP contribution in [-0.2, 0) is 24.2 Å². The van der Waals surface area contributed by atoms with Crippen LogP contribution < -0.4 is 10.6 Å². The van der Waals surface area contributed by atoms with Crippen LogP contribution in [0.3, 0.4) is 0 Å². The van der Waals surface area contributed by atoms with Crippen molar-refractivity contribution in [3.63, 3.8) is 0 Å². The Morgan fingerprint density at radius 3 is 3.00 bits per heavy atom. The molecule has 0 aliphatic carbocycles. The minimum atomic E-state index is 0.563. The highest BCUT2D eigenvalue weighted by molar-refractivity contribution is 5.79. The van der Waals surface area contributed by atoms with Gasteiger partial charge in [-0.1, -0.05) is 0 Å². The Labute approximate surface area is 132 Å². The normalized spacial score (nSPS) is 14.7. The summed E-state index contributed by atoms with van der Waals surface area (Å²) in [6.07, 6.45) is 4.42. The molecule has 7 heteroatoms. The molecule has 1 aromatic heterocycles. The molecule has 2 N–H and O–H groups in total. The van der Waals surface area contributed by atoms with E-state index in [-0.39, 0.29) is 0 Å². The Hall–Kier alpha value is -1.63. The largest absolute Gasteiger partial charge is 0.382 e. The number of aromatic nitrogens is 3. The van der Waals surface area contributed by atoms with Gasteiger partial charge in [0.05, 0.1) is 0 Å². The minimum Gasteiger partial charge on any atom is -0.382 e. The molecule has 0 saturated carbocycles. The van der Waals surface area contributed by atoms with Crippen molar-refractivity contribution >= 4 is 5.96 Å². The van der Waals surface area contributed by atoms with Crippen molar-refractivity contribution in [3.05, 3.63) is 11.6 Å². The zero-order valence-electron chi connectivity index (χ0n) is 13.8. The molecule has 2 rings (SSSR count). The number of ether oxygens (including phenoxy) is 1. The van der Waals surface area contributed by atoms with Gasteiger partial charge in [-0.25, -0.2) is 4.99 Å². The van der Waals surface area contributed by atoms with Crippen molar-refractivity contribution in [2.24, 2.45) is 4.99 Å². The number of nitrogens with one attached hydrogen (secondary N) is 2. The molecule has 1 aliphatic rings. The average molecular weight is 308 g/mol. The summed E-state index contributed by atoms with van der Waals surface area (Å²) in [5.74, 6) is 2.89. The third-order valence-corrected chi connectivity index (χ3v) is 3.62. The highest BCUT2D eigenvalue weighted by Crippen LogP contribution is 2.14. The van der Waals surface area contributed by atoms with E-state index in [1.165, 1.54) is 12.8 Å². The Balaban J connectivity index is 1.85. The fraction of sp³-hybridized carbons (Fsp3) is 0.800. The molecule has 0 saturated heterocycles. The monoisotopic (exact) mass is 308 g/mol. The van der Waals surface area contributed by atoms with Crippen LogP contribution in [0.5, 0.6) is 0 Å². The van der Waals surface area contributed by atoms with Gasteiger partial charge in [-0.05, 0) is 33.1 Å². The zero-order valence-corrected chi connectivity index (χ0v) is 13.8. The maximum Gasteiger partial charge on any atom is 0.191 e. The molecule has 0 radical (unpaired) electrons. The van der Waals surface area contributed by atoms with Gasteiger partial charge in [0.15, 0.2) is 11.8 Å². The van der Waals surface area contributed by atoms with E-state index in [2.05, 4.69) is 37.3 Å². The van der Waals surface area contributed by atoms with Crippen LogP contribution >= 0.6 is 0 Å². The highest BCUT2D eigenvalue weighted by Gasteiger charge is 2.15. The molecule has 0 unspecified atom stereocenters. The van der Waals surface area contributed by atoms with Crippen molar-refractivity contribution in [3.8, 4) is 0 Å². The van der Waals surface area contributed by atoms with E-state index in [0.717, 1.165) is 63.3 Å². The molecule has 1 aromatic rings. The van der Waals surface area contributed by atoms with Crippen molar-refractivity contribution in [1.29, 1.82) is 0 Å². The van der Waals surface area contributed by atoms with E-state index in [9.17, 15) is 0 Å².